The second kappa shape index (κ2) is 4.47. The Balaban J connectivity index is 2.14. The molecule has 1 amide bonds. The van der Waals surface area contributed by atoms with Crippen molar-refractivity contribution in [1.82, 2.24) is 4.98 Å². The number of amides is 1. The van der Waals surface area contributed by atoms with Gasteiger partial charge in [0.1, 0.15) is 11.6 Å². The number of nitrogens with zero attached hydrogens (tertiary/aromatic N) is 1. The van der Waals surface area contributed by atoms with E-state index in [2.05, 4.69) is 10.3 Å². The van der Waals surface area contributed by atoms with Crippen LogP contribution in [0.25, 0.3) is 0 Å². The van der Waals surface area contributed by atoms with Gasteiger partial charge in [0, 0.05) is 17.4 Å². The fraction of sp³-hybridized carbons (Fsp3) is 0.167. The molecule has 7 heteroatoms. The van der Waals surface area contributed by atoms with Crippen molar-refractivity contribution >= 4 is 39.8 Å². The van der Waals surface area contributed by atoms with Gasteiger partial charge in [0.15, 0.2) is 5.13 Å². The Hall–Kier alpha value is -1.66. The van der Waals surface area contributed by atoms with Crippen LogP contribution in [0, 0.1) is 5.82 Å². The van der Waals surface area contributed by atoms with E-state index in [1.165, 1.54) is 23.5 Å². The first-order valence-electron chi connectivity index (χ1n) is 5.55. The first-order chi connectivity index (χ1) is 9.04. The summed E-state index contributed by atoms with van der Waals surface area (Å²) in [4.78, 5) is 16.5. The van der Waals surface area contributed by atoms with Crippen LogP contribution in [0.5, 0.6) is 0 Å². The molecule has 0 saturated heterocycles. The summed E-state index contributed by atoms with van der Waals surface area (Å²) in [5.41, 5.74) is 6.04. The third-order valence-electron chi connectivity index (χ3n) is 2.97. The molecule has 3 rings (SSSR count). The molecule has 2 aromatic rings. The Kier molecular flexibility index (Phi) is 2.91. The molecule has 2 heterocycles. The van der Waals surface area contributed by atoms with Crippen molar-refractivity contribution in [2.24, 2.45) is 0 Å². The molecule has 0 aliphatic carbocycles. The molecule has 0 spiro atoms. The molecule has 4 nitrogen and oxygen atoms in total. The maximum atomic E-state index is 13.9. The van der Waals surface area contributed by atoms with E-state index in [1.54, 1.807) is 6.07 Å². The molecule has 1 aromatic carbocycles. The standard InChI is InChI=1S/C12H9ClFN3OS/c13-5-1-2-8(14)6(3-5)7-4-9(18)16-11-10(7)19-12(15)17-11/h1-3,7H,4H2,(H2,15,17)(H,16,18)/t7-/m0/s1. The number of thiazole rings is 1. The minimum absolute atomic E-state index is 0.159. The normalized spacial score (nSPS) is 18.0. The summed E-state index contributed by atoms with van der Waals surface area (Å²) in [5.74, 6) is -0.565. The SMILES string of the molecule is Nc1nc2c(s1)[C@H](c1cc(Cl)ccc1F)CC(=O)N2. The molecule has 3 N–H and O–H groups in total. The highest BCUT2D eigenvalue weighted by molar-refractivity contribution is 7.16. The van der Waals surface area contributed by atoms with Crippen molar-refractivity contribution in [2.75, 3.05) is 11.1 Å². The zero-order valence-corrected chi connectivity index (χ0v) is 11.2. The van der Waals surface area contributed by atoms with Gasteiger partial charge in [-0.3, -0.25) is 4.79 Å². The molecular formula is C12H9ClFN3OS. The highest BCUT2D eigenvalue weighted by atomic mass is 35.5. The summed E-state index contributed by atoms with van der Waals surface area (Å²) in [6.07, 6.45) is 0.159. The van der Waals surface area contributed by atoms with Crippen molar-refractivity contribution < 1.29 is 9.18 Å². The van der Waals surface area contributed by atoms with Crippen LogP contribution in [0.15, 0.2) is 18.2 Å². The lowest BCUT2D eigenvalue weighted by Gasteiger charge is -2.22. The van der Waals surface area contributed by atoms with Crippen molar-refractivity contribution in [3.63, 3.8) is 0 Å². The molecule has 0 saturated carbocycles. The molecule has 19 heavy (non-hydrogen) atoms. The summed E-state index contributed by atoms with van der Waals surface area (Å²) in [6.45, 7) is 0. The van der Waals surface area contributed by atoms with Gasteiger partial charge in [-0.05, 0) is 23.8 Å². The molecule has 1 atom stereocenters. The fourth-order valence-corrected chi connectivity index (χ4v) is 3.26. The molecule has 1 aliphatic rings. The number of nitrogen functional groups attached to an aromatic ring is 1. The van der Waals surface area contributed by atoms with Gasteiger partial charge in [-0.1, -0.05) is 22.9 Å². The highest BCUT2D eigenvalue weighted by Crippen LogP contribution is 2.42. The predicted octanol–water partition coefficient (Wildman–Crippen LogP) is 2.99. The molecule has 0 fully saturated rings. The molecule has 1 aromatic heterocycles. The lowest BCUT2D eigenvalue weighted by atomic mass is 9.91. The van der Waals surface area contributed by atoms with Gasteiger partial charge >= 0.3 is 0 Å². The zero-order valence-electron chi connectivity index (χ0n) is 9.61. The number of carbonyl (C=O) groups excluding carboxylic acids is 1. The molecule has 0 bridgehead atoms. The van der Waals surface area contributed by atoms with E-state index in [1.807, 2.05) is 0 Å². The summed E-state index contributed by atoms with van der Waals surface area (Å²) in [6, 6.07) is 4.32. The number of anilines is 2. The van der Waals surface area contributed by atoms with Gasteiger partial charge in [0.2, 0.25) is 5.91 Å². The number of hydrogen-bond acceptors (Lipinski definition) is 4. The first-order valence-corrected chi connectivity index (χ1v) is 6.75. The average Bonchev–Trinajstić information content (AvgIpc) is 2.71. The number of fused-ring (bicyclic) bond motifs is 1. The van der Waals surface area contributed by atoms with E-state index in [4.69, 9.17) is 17.3 Å². The van der Waals surface area contributed by atoms with Gasteiger partial charge in [-0.25, -0.2) is 9.37 Å². The summed E-state index contributed by atoms with van der Waals surface area (Å²) >= 11 is 7.15. The third kappa shape index (κ3) is 2.17. The minimum Gasteiger partial charge on any atom is -0.375 e. The van der Waals surface area contributed by atoms with Crippen LogP contribution in [0.2, 0.25) is 5.02 Å². The Morgan fingerprint density at radius 2 is 2.32 bits per heavy atom. The van der Waals surface area contributed by atoms with Crippen molar-refractivity contribution in [3.8, 4) is 0 Å². The minimum atomic E-state index is -0.391. The topological polar surface area (TPSA) is 68.0 Å². The molecular weight excluding hydrogens is 289 g/mol. The fourth-order valence-electron chi connectivity index (χ4n) is 2.17. The lowest BCUT2D eigenvalue weighted by molar-refractivity contribution is -0.116. The molecule has 0 unspecified atom stereocenters. The molecule has 1 aliphatic heterocycles. The van der Waals surface area contributed by atoms with Gasteiger partial charge in [0.25, 0.3) is 0 Å². The first kappa shape index (κ1) is 12.4. The van der Waals surface area contributed by atoms with E-state index in [0.717, 1.165) is 4.88 Å². The third-order valence-corrected chi connectivity index (χ3v) is 4.20. The summed E-state index contributed by atoms with van der Waals surface area (Å²) in [7, 11) is 0. The smallest absolute Gasteiger partial charge is 0.226 e. The second-order valence-electron chi connectivity index (χ2n) is 4.24. The highest BCUT2D eigenvalue weighted by Gasteiger charge is 2.31. The van der Waals surface area contributed by atoms with Crippen LogP contribution in [-0.4, -0.2) is 10.9 Å². The number of benzene rings is 1. The largest absolute Gasteiger partial charge is 0.375 e. The quantitative estimate of drug-likeness (QED) is 0.850. The van der Waals surface area contributed by atoms with Crippen molar-refractivity contribution in [1.29, 1.82) is 0 Å². The van der Waals surface area contributed by atoms with Crippen LogP contribution in [0.4, 0.5) is 15.3 Å². The van der Waals surface area contributed by atoms with Gasteiger partial charge in [0.05, 0.1) is 4.88 Å². The van der Waals surface area contributed by atoms with E-state index in [9.17, 15) is 9.18 Å². The maximum absolute atomic E-state index is 13.9. The van der Waals surface area contributed by atoms with Crippen LogP contribution in [-0.2, 0) is 4.79 Å². The number of aromatic nitrogens is 1. The van der Waals surface area contributed by atoms with Crippen LogP contribution < -0.4 is 11.1 Å². The Morgan fingerprint density at radius 1 is 1.53 bits per heavy atom. The zero-order chi connectivity index (χ0) is 13.6. The predicted molar refractivity (Wildman–Crippen MR) is 73.0 cm³/mol. The van der Waals surface area contributed by atoms with Gasteiger partial charge < -0.3 is 11.1 Å². The summed E-state index contributed by atoms with van der Waals surface area (Å²) < 4.78 is 13.9. The Morgan fingerprint density at radius 3 is 3.11 bits per heavy atom. The van der Waals surface area contributed by atoms with Crippen LogP contribution >= 0.6 is 22.9 Å². The number of hydrogen-bond donors (Lipinski definition) is 2. The van der Waals surface area contributed by atoms with E-state index < -0.39 is 5.92 Å². The van der Waals surface area contributed by atoms with Crippen molar-refractivity contribution in [2.45, 2.75) is 12.3 Å². The second-order valence-corrected chi connectivity index (χ2v) is 5.73. The number of carbonyl (C=O) groups is 1. The molecule has 0 radical (unpaired) electrons. The van der Waals surface area contributed by atoms with Crippen LogP contribution in [0.3, 0.4) is 0 Å². The number of halogens is 2. The monoisotopic (exact) mass is 297 g/mol. The Bertz CT molecular complexity index is 673. The van der Waals surface area contributed by atoms with Crippen molar-refractivity contribution in [3.05, 3.63) is 39.5 Å². The maximum Gasteiger partial charge on any atom is 0.226 e. The van der Waals surface area contributed by atoms with E-state index in [-0.39, 0.29) is 18.1 Å². The van der Waals surface area contributed by atoms with E-state index in [0.29, 0.717) is 21.5 Å². The molecule has 98 valence electrons. The number of nitrogens with two attached hydrogens (primary N) is 1. The summed E-state index contributed by atoms with van der Waals surface area (Å²) in [5, 5.41) is 3.42. The van der Waals surface area contributed by atoms with Gasteiger partial charge in [-0.15, -0.1) is 0 Å². The number of rotatable bonds is 1. The number of nitrogens with one attached hydrogen (secondary N) is 1. The van der Waals surface area contributed by atoms with E-state index >= 15 is 0 Å². The average molecular weight is 298 g/mol. The van der Waals surface area contributed by atoms with Crippen LogP contribution in [0.1, 0.15) is 22.8 Å². The lowest BCUT2D eigenvalue weighted by Crippen LogP contribution is -2.23. The van der Waals surface area contributed by atoms with Gasteiger partial charge in [-0.2, -0.15) is 0 Å². The Labute approximate surface area is 117 Å².